The molecule has 0 fully saturated rings. The molecule has 14 rings (SSSR count). The number of fused-ring (bicyclic) bond motifs is 13. The summed E-state index contributed by atoms with van der Waals surface area (Å²) in [6, 6.07) is 73.1. The van der Waals surface area contributed by atoms with Gasteiger partial charge in [-0.1, -0.05) is 188 Å². The summed E-state index contributed by atoms with van der Waals surface area (Å²) >= 11 is 3.86. The second-order valence-corrected chi connectivity index (χ2v) is 19.5. The summed E-state index contributed by atoms with van der Waals surface area (Å²) in [4.78, 5) is 0. The minimum Gasteiger partial charge on any atom is -0.135 e. The molecule has 2 aliphatic rings. The largest absolute Gasteiger partial charge is 0.135 e. The van der Waals surface area contributed by atoms with Gasteiger partial charge in [-0.25, -0.2) is 0 Å². The van der Waals surface area contributed by atoms with Crippen LogP contribution in [0.3, 0.4) is 0 Å². The quantitative estimate of drug-likeness (QED) is 0.122. The van der Waals surface area contributed by atoms with Crippen LogP contribution in [-0.2, 0) is 0 Å². The zero-order valence-corrected chi connectivity index (χ0v) is 35.9. The van der Waals surface area contributed by atoms with Gasteiger partial charge in [0, 0.05) is 52.2 Å². The fourth-order valence-corrected chi connectivity index (χ4v) is 13.9. The van der Waals surface area contributed by atoms with Crippen LogP contribution in [0.15, 0.2) is 212 Å². The highest BCUT2D eigenvalue weighted by Crippen LogP contribution is 2.53. The van der Waals surface area contributed by atoms with Crippen LogP contribution in [0.2, 0.25) is 0 Å². The first-order chi connectivity index (χ1) is 31.3. The maximum absolute atomic E-state index is 2.52. The lowest BCUT2D eigenvalue weighted by molar-refractivity contribution is 0.649. The van der Waals surface area contributed by atoms with Gasteiger partial charge in [0.15, 0.2) is 0 Å². The highest BCUT2D eigenvalue weighted by molar-refractivity contribution is 7.26. The fourth-order valence-electron chi connectivity index (χ4n) is 11.5. The molecule has 2 aliphatic carbocycles. The number of rotatable bonds is 4. The summed E-state index contributed by atoms with van der Waals surface area (Å²) in [6.07, 6.45) is 5.89. The van der Waals surface area contributed by atoms with Crippen molar-refractivity contribution >= 4 is 101 Å². The van der Waals surface area contributed by atoms with Gasteiger partial charge in [-0.05, 0) is 113 Å². The van der Waals surface area contributed by atoms with Crippen molar-refractivity contribution in [3.05, 3.63) is 234 Å². The summed E-state index contributed by atoms with van der Waals surface area (Å²) < 4.78 is 5.38. The third-order valence-electron chi connectivity index (χ3n) is 14.1. The zero-order chi connectivity index (χ0) is 41.2. The van der Waals surface area contributed by atoms with E-state index in [1.54, 1.807) is 5.57 Å². The molecule has 2 atom stereocenters. The van der Waals surface area contributed by atoms with Gasteiger partial charge >= 0.3 is 0 Å². The fraction of sp³-hybridized carbons (Fsp3) is 0.0492. The monoisotopic (exact) mass is 834 g/mol. The summed E-state index contributed by atoms with van der Waals surface area (Å²) in [5, 5.41) is 13.3. The normalized spacial score (nSPS) is 16.1. The summed E-state index contributed by atoms with van der Waals surface area (Å²) in [5.74, 6) is 0.641. The molecule has 10 aromatic carbocycles. The first-order valence-corrected chi connectivity index (χ1v) is 23.7. The Bertz CT molecular complexity index is 3880. The molecule has 2 unspecified atom stereocenters. The Labute approximate surface area is 373 Å². The predicted octanol–water partition coefficient (Wildman–Crippen LogP) is 17.7. The number of allylic oxidation sites excluding steroid dienone is 3. The summed E-state index contributed by atoms with van der Waals surface area (Å²) in [7, 11) is 0. The van der Waals surface area contributed by atoms with Crippen LogP contribution in [0.1, 0.15) is 34.6 Å². The van der Waals surface area contributed by atoms with Crippen molar-refractivity contribution in [2.45, 2.75) is 12.3 Å². The molecule has 0 N–H and O–H groups in total. The number of hydrogen-bond acceptors (Lipinski definition) is 2. The van der Waals surface area contributed by atoms with Gasteiger partial charge in [-0.3, -0.25) is 0 Å². The maximum atomic E-state index is 2.52. The Morgan fingerprint density at radius 2 is 0.905 bits per heavy atom. The average molecular weight is 835 g/mol. The molecule has 2 heteroatoms. The highest BCUT2D eigenvalue weighted by atomic mass is 32.1. The van der Waals surface area contributed by atoms with Crippen molar-refractivity contribution in [3.8, 4) is 22.3 Å². The van der Waals surface area contributed by atoms with Crippen molar-refractivity contribution in [2.75, 3.05) is 0 Å². The molecule has 0 spiro atoms. The van der Waals surface area contributed by atoms with Crippen LogP contribution >= 0.6 is 22.7 Å². The first-order valence-electron chi connectivity index (χ1n) is 22.0. The maximum Gasteiger partial charge on any atom is 0.0361 e. The first kappa shape index (κ1) is 35.5. The van der Waals surface area contributed by atoms with Crippen LogP contribution in [0.25, 0.3) is 100 Å². The van der Waals surface area contributed by atoms with Gasteiger partial charge in [-0.15, -0.1) is 22.7 Å². The summed E-state index contributed by atoms with van der Waals surface area (Å²) in [6.45, 7) is 0. The molecule has 0 nitrogen and oxygen atoms in total. The van der Waals surface area contributed by atoms with E-state index in [1.807, 2.05) is 22.7 Å². The van der Waals surface area contributed by atoms with Crippen molar-refractivity contribution < 1.29 is 0 Å². The third-order valence-corrected chi connectivity index (χ3v) is 16.4. The molecule has 0 bridgehead atoms. The molecule has 2 heterocycles. The van der Waals surface area contributed by atoms with Gasteiger partial charge in [-0.2, -0.15) is 0 Å². The molecule has 0 radical (unpaired) electrons. The Balaban J connectivity index is 0.912. The van der Waals surface area contributed by atoms with Gasteiger partial charge < -0.3 is 0 Å². The molecule has 63 heavy (non-hydrogen) atoms. The van der Waals surface area contributed by atoms with E-state index >= 15 is 0 Å². The number of benzene rings is 10. The Hall–Kier alpha value is -7.10. The molecule has 0 aliphatic heterocycles. The topological polar surface area (TPSA) is 0 Å². The van der Waals surface area contributed by atoms with E-state index in [9.17, 15) is 0 Å². The number of thiophene rings is 2. The second-order valence-electron chi connectivity index (χ2n) is 17.3. The van der Waals surface area contributed by atoms with Gasteiger partial charge in [0.25, 0.3) is 0 Å². The van der Waals surface area contributed by atoms with Crippen LogP contribution < -0.4 is 0 Å². The minimum atomic E-state index is 0.285. The van der Waals surface area contributed by atoms with Crippen molar-refractivity contribution in [1.29, 1.82) is 0 Å². The van der Waals surface area contributed by atoms with Gasteiger partial charge in [0.05, 0.1) is 0 Å². The lowest BCUT2D eigenvalue weighted by Crippen LogP contribution is -2.20. The molecule has 12 aromatic rings. The standard InChI is InChI=1S/C61H38S2/c1-3-14-36(15-4-1)56-40-18-7-10-21-43(40)58(44-22-11-8-19-41(44)56)38-26-28-50-54(34-38)62-52-32-30-49-48(60(50)52)31-33-53-61(49)51-29-27-39(35-55(51)63-53)59-45-23-12-9-20-42(45)57(37-16-5-2-6-17-37)46-24-13-25-47(46)59/h1-23,25-35,47,59H,24H2. The lowest BCUT2D eigenvalue weighted by atomic mass is 9.69. The van der Waals surface area contributed by atoms with Crippen LogP contribution in [0, 0.1) is 5.92 Å². The van der Waals surface area contributed by atoms with E-state index in [2.05, 4.69) is 206 Å². The lowest BCUT2D eigenvalue weighted by Gasteiger charge is -2.34. The Morgan fingerprint density at radius 1 is 0.381 bits per heavy atom. The smallest absolute Gasteiger partial charge is 0.0361 e. The molecular formula is C61H38S2. The average Bonchev–Trinajstić information content (AvgIpc) is 4.08. The van der Waals surface area contributed by atoms with Gasteiger partial charge in [0.1, 0.15) is 0 Å². The van der Waals surface area contributed by atoms with Crippen LogP contribution in [0.5, 0.6) is 0 Å². The Kier molecular flexibility index (Phi) is 7.72. The minimum absolute atomic E-state index is 0.285. The van der Waals surface area contributed by atoms with E-state index in [4.69, 9.17) is 0 Å². The number of hydrogen-bond donors (Lipinski definition) is 0. The van der Waals surface area contributed by atoms with E-state index in [0.717, 1.165) is 6.42 Å². The van der Waals surface area contributed by atoms with E-state index in [-0.39, 0.29) is 5.92 Å². The molecule has 0 saturated carbocycles. The Morgan fingerprint density at radius 3 is 1.56 bits per heavy atom. The van der Waals surface area contributed by atoms with Crippen molar-refractivity contribution in [1.82, 2.24) is 0 Å². The predicted molar refractivity (Wildman–Crippen MR) is 274 cm³/mol. The SMILES string of the molecule is C1=CC2C(=C(c3ccccc3)c3ccccc3C2c2ccc3c(c2)sc2ccc4c(ccc5sc6cc(-c7c8ccccc8c(-c8ccccc8)c8ccccc78)ccc6c54)c23)C1. The molecular weight excluding hydrogens is 797 g/mol. The zero-order valence-electron chi connectivity index (χ0n) is 34.3. The molecule has 294 valence electrons. The molecule has 0 amide bonds. The van der Waals surface area contributed by atoms with Crippen LogP contribution in [-0.4, -0.2) is 0 Å². The second kappa shape index (κ2) is 13.7. The highest BCUT2D eigenvalue weighted by Gasteiger charge is 2.37. The third kappa shape index (κ3) is 5.20. The molecule has 2 aromatic heterocycles. The van der Waals surface area contributed by atoms with Crippen molar-refractivity contribution in [2.24, 2.45) is 5.92 Å². The van der Waals surface area contributed by atoms with E-state index < -0.39 is 0 Å². The summed E-state index contributed by atoms with van der Waals surface area (Å²) in [5.41, 5.74) is 13.6. The van der Waals surface area contributed by atoms with E-state index in [1.165, 1.54) is 123 Å². The van der Waals surface area contributed by atoms with E-state index in [0.29, 0.717) is 5.92 Å². The molecule has 0 saturated heterocycles. The van der Waals surface area contributed by atoms with Crippen LogP contribution in [0.4, 0.5) is 0 Å². The van der Waals surface area contributed by atoms with Crippen molar-refractivity contribution in [3.63, 3.8) is 0 Å². The van der Waals surface area contributed by atoms with Gasteiger partial charge in [0.2, 0.25) is 0 Å².